The van der Waals surface area contributed by atoms with Crippen LogP contribution in [0.4, 0.5) is 10.1 Å². The van der Waals surface area contributed by atoms with Gasteiger partial charge in [-0.3, -0.25) is 4.90 Å². The van der Waals surface area contributed by atoms with Crippen LogP contribution in [0.3, 0.4) is 0 Å². The van der Waals surface area contributed by atoms with E-state index in [1.54, 1.807) is 14.2 Å². The summed E-state index contributed by atoms with van der Waals surface area (Å²) < 4.78 is 24.6. The molecule has 0 bridgehead atoms. The van der Waals surface area contributed by atoms with Crippen LogP contribution >= 0.6 is 12.2 Å². The summed E-state index contributed by atoms with van der Waals surface area (Å²) in [6, 6.07) is 19.0. The van der Waals surface area contributed by atoms with Gasteiger partial charge in [-0.1, -0.05) is 24.3 Å². The number of hydrogen-bond acceptors (Lipinski definition) is 4. The molecule has 0 fully saturated rings. The van der Waals surface area contributed by atoms with Crippen molar-refractivity contribution >= 4 is 23.0 Å². The molecule has 34 heavy (non-hydrogen) atoms. The summed E-state index contributed by atoms with van der Waals surface area (Å²) in [6.45, 7) is 4.24. The van der Waals surface area contributed by atoms with E-state index in [-0.39, 0.29) is 11.9 Å². The molecule has 0 amide bonds. The molecule has 7 heteroatoms. The average molecular weight is 480 g/mol. The number of halogens is 1. The van der Waals surface area contributed by atoms with Gasteiger partial charge in [0.15, 0.2) is 16.6 Å². The van der Waals surface area contributed by atoms with Gasteiger partial charge in [-0.15, -0.1) is 0 Å². The highest BCUT2D eigenvalue weighted by Crippen LogP contribution is 2.38. The highest BCUT2D eigenvalue weighted by molar-refractivity contribution is 7.80. The Morgan fingerprint density at radius 2 is 1.79 bits per heavy atom. The Morgan fingerprint density at radius 1 is 1.06 bits per heavy atom. The molecule has 3 aromatic carbocycles. The predicted molar refractivity (Wildman–Crippen MR) is 138 cm³/mol. The van der Waals surface area contributed by atoms with E-state index in [1.807, 2.05) is 24.3 Å². The fourth-order valence-corrected chi connectivity index (χ4v) is 4.62. The SMILES string of the molecule is COc1cc2c(cc1OC)C(CNC(=S)Nc1cccc(C)c1)N(Cc1ccc(F)cc1)CC2. The summed E-state index contributed by atoms with van der Waals surface area (Å²) >= 11 is 5.59. The third kappa shape index (κ3) is 5.66. The van der Waals surface area contributed by atoms with Crippen LogP contribution < -0.4 is 20.1 Å². The molecular weight excluding hydrogens is 449 g/mol. The molecule has 2 N–H and O–H groups in total. The van der Waals surface area contributed by atoms with Crippen LogP contribution in [0.2, 0.25) is 0 Å². The topological polar surface area (TPSA) is 45.8 Å². The second kappa shape index (κ2) is 10.8. The number of methoxy groups -OCH3 is 2. The van der Waals surface area contributed by atoms with Crippen molar-refractivity contribution < 1.29 is 13.9 Å². The summed E-state index contributed by atoms with van der Waals surface area (Å²) in [6.07, 6.45) is 0.888. The average Bonchev–Trinajstić information content (AvgIpc) is 2.83. The molecule has 3 aromatic rings. The lowest BCUT2D eigenvalue weighted by molar-refractivity contribution is 0.176. The molecule has 1 atom stereocenters. The number of ether oxygens (including phenoxy) is 2. The van der Waals surface area contributed by atoms with Gasteiger partial charge in [0.25, 0.3) is 0 Å². The van der Waals surface area contributed by atoms with Gasteiger partial charge < -0.3 is 20.1 Å². The molecule has 5 nitrogen and oxygen atoms in total. The first-order valence-corrected chi connectivity index (χ1v) is 11.7. The molecule has 1 aliphatic heterocycles. The summed E-state index contributed by atoms with van der Waals surface area (Å²) in [5.41, 5.74) is 5.60. The van der Waals surface area contributed by atoms with Crippen molar-refractivity contribution in [3.63, 3.8) is 0 Å². The second-order valence-electron chi connectivity index (χ2n) is 8.47. The number of fused-ring (bicyclic) bond motifs is 1. The minimum absolute atomic E-state index is 0.0471. The van der Waals surface area contributed by atoms with Gasteiger partial charge in [0.05, 0.1) is 20.3 Å². The van der Waals surface area contributed by atoms with Crippen molar-refractivity contribution in [2.45, 2.75) is 25.9 Å². The molecule has 0 saturated carbocycles. The number of anilines is 1. The zero-order valence-electron chi connectivity index (χ0n) is 19.7. The van der Waals surface area contributed by atoms with Crippen LogP contribution in [0.1, 0.15) is 28.3 Å². The number of thiocarbonyl (C=S) groups is 1. The van der Waals surface area contributed by atoms with Crippen molar-refractivity contribution in [1.82, 2.24) is 10.2 Å². The first kappa shape index (κ1) is 24.0. The van der Waals surface area contributed by atoms with Crippen molar-refractivity contribution in [3.05, 3.63) is 88.7 Å². The minimum Gasteiger partial charge on any atom is -0.493 e. The van der Waals surface area contributed by atoms with Gasteiger partial charge in [0.2, 0.25) is 0 Å². The molecule has 0 radical (unpaired) electrons. The number of hydrogen-bond donors (Lipinski definition) is 2. The molecular formula is C27H30FN3O2S. The molecule has 4 rings (SSSR count). The fourth-order valence-electron chi connectivity index (χ4n) is 4.42. The minimum atomic E-state index is -0.227. The van der Waals surface area contributed by atoms with Crippen molar-refractivity contribution in [3.8, 4) is 11.5 Å². The van der Waals surface area contributed by atoms with Gasteiger partial charge in [-0.2, -0.15) is 0 Å². The van der Waals surface area contributed by atoms with Crippen LogP contribution in [0, 0.1) is 12.7 Å². The van der Waals surface area contributed by atoms with Gasteiger partial charge >= 0.3 is 0 Å². The highest BCUT2D eigenvalue weighted by Gasteiger charge is 2.29. The molecule has 0 aliphatic carbocycles. The molecule has 1 unspecified atom stereocenters. The first-order chi connectivity index (χ1) is 16.5. The van der Waals surface area contributed by atoms with E-state index in [0.717, 1.165) is 30.0 Å². The monoisotopic (exact) mass is 479 g/mol. The molecule has 0 saturated heterocycles. The number of nitrogens with one attached hydrogen (secondary N) is 2. The van der Waals surface area contributed by atoms with Crippen LogP contribution in [0.25, 0.3) is 0 Å². The standard InChI is InChI=1S/C27H30FN3O2S/c1-18-5-4-6-22(13-18)30-27(34)29-16-24-23-15-26(33-3)25(32-2)14-20(23)11-12-31(24)17-19-7-9-21(28)10-8-19/h4-10,13-15,24H,11-12,16-17H2,1-3H3,(H2,29,30,34). The summed E-state index contributed by atoms with van der Waals surface area (Å²) in [5.74, 6) is 1.21. The second-order valence-corrected chi connectivity index (χ2v) is 8.88. The van der Waals surface area contributed by atoms with E-state index in [9.17, 15) is 4.39 Å². The lowest BCUT2D eigenvalue weighted by atomic mass is 9.91. The van der Waals surface area contributed by atoms with Gasteiger partial charge in [0.1, 0.15) is 5.82 Å². The van der Waals surface area contributed by atoms with Crippen molar-refractivity contribution in [2.24, 2.45) is 0 Å². The lowest BCUT2D eigenvalue weighted by Gasteiger charge is -2.38. The van der Waals surface area contributed by atoms with Crippen LogP contribution in [0.15, 0.2) is 60.7 Å². The van der Waals surface area contributed by atoms with E-state index >= 15 is 0 Å². The van der Waals surface area contributed by atoms with E-state index in [1.165, 1.54) is 28.8 Å². The van der Waals surface area contributed by atoms with E-state index in [2.05, 4.69) is 46.7 Å². The van der Waals surface area contributed by atoms with Gasteiger partial charge in [-0.05, 0) is 84.2 Å². The Balaban J connectivity index is 1.57. The van der Waals surface area contributed by atoms with Crippen molar-refractivity contribution in [2.75, 3.05) is 32.6 Å². The molecule has 0 aromatic heterocycles. The third-order valence-corrected chi connectivity index (χ3v) is 6.39. The molecule has 0 spiro atoms. The van der Waals surface area contributed by atoms with Crippen LogP contribution in [-0.2, 0) is 13.0 Å². The van der Waals surface area contributed by atoms with Crippen LogP contribution in [-0.4, -0.2) is 37.3 Å². The zero-order valence-corrected chi connectivity index (χ0v) is 20.5. The zero-order chi connectivity index (χ0) is 24.1. The number of aryl methyl sites for hydroxylation is 1. The third-order valence-electron chi connectivity index (χ3n) is 6.14. The predicted octanol–water partition coefficient (Wildman–Crippen LogP) is 5.24. The van der Waals surface area contributed by atoms with Crippen LogP contribution in [0.5, 0.6) is 11.5 Å². The number of rotatable bonds is 7. The highest BCUT2D eigenvalue weighted by atomic mass is 32.1. The smallest absolute Gasteiger partial charge is 0.170 e. The Kier molecular flexibility index (Phi) is 7.65. The Bertz CT molecular complexity index is 1150. The van der Waals surface area contributed by atoms with Gasteiger partial charge in [0, 0.05) is 25.3 Å². The maximum absolute atomic E-state index is 13.4. The quantitative estimate of drug-likeness (QED) is 0.452. The summed E-state index contributed by atoms with van der Waals surface area (Å²) in [7, 11) is 3.31. The lowest BCUT2D eigenvalue weighted by Crippen LogP contribution is -2.42. The summed E-state index contributed by atoms with van der Waals surface area (Å²) in [4.78, 5) is 2.39. The molecule has 1 heterocycles. The Hall–Kier alpha value is -3.16. The maximum Gasteiger partial charge on any atom is 0.170 e. The number of benzene rings is 3. The normalized spacial score (nSPS) is 15.4. The van der Waals surface area contributed by atoms with E-state index < -0.39 is 0 Å². The van der Waals surface area contributed by atoms with Gasteiger partial charge in [-0.25, -0.2) is 4.39 Å². The first-order valence-electron chi connectivity index (χ1n) is 11.3. The molecule has 178 valence electrons. The number of nitrogens with zero attached hydrogens (tertiary/aromatic N) is 1. The van der Waals surface area contributed by atoms with E-state index in [4.69, 9.17) is 21.7 Å². The van der Waals surface area contributed by atoms with E-state index in [0.29, 0.717) is 24.0 Å². The summed E-state index contributed by atoms with van der Waals surface area (Å²) in [5, 5.41) is 7.24. The Labute approximate surface area is 205 Å². The largest absolute Gasteiger partial charge is 0.493 e. The Morgan fingerprint density at radius 3 is 2.50 bits per heavy atom. The maximum atomic E-state index is 13.4. The fraction of sp³-hybridized carbons (Fsp3) is 0.296. The van der Waals surface area contributed by atoms with Crippen molar-refractivity contribution in [1.29, 1.82) is 0 Å². The molecule has 1 aliphatic rings.